The Balaban J connectivity index is 1.42. The predicted octanol–water partition coefficient (Wildman–Crippen LogP) is 3.35. The Morgan fingerprint density at radius 3 is 2.40 bits per heavy atom. The topological polar surface area (TPSA) is 105 Å². The number of carboxylic acids is 1. The molecule has 0 saturated carbocycles. The van der Waals surface area contributed by atoms with E-state index in [1.54, 1.807) is 11.8 Å². The molecule has 1 unspecified atom stereocenters. The lowest BCUT2D eigenvalue weighted by Crippen LogP contribution is -2.59. The fraction of sp³-hybridized carbons (Fsp3) is 0.423. The summed E-state index contributed by atoms with van der Waals surface area (Å²) < 4.78 is 11.0. The van der Waals surface area contributed by atoms with Gasteiger partial charge >= 0.3 is 12.1 Å². The molecular formula is C26H30N2O6S. The first kappa shape index (κ1) is 25.1. The molecule has 1 aliphatic heterocycles. The van der Waals surface area contributed by atoms with Crippen LogP contribution < -0.4 is 5.32 Å². The molecule has 4 rings (SSSR count). The number of rotatable bonds is 8. The van der Waals surface area contributed by atoms with Crippen LogP contribution in [0.1, 0.15) is 30.4 Å². The molecule has 0 aromatic heterocycles. The van der Waals surface area contributed by atoms with Crippen LogP contribution in [0.3, 0.4) is 0 Å². The molecule has 2 amide bonds. The summed E-state index contributed by atoms with van der Waals surface area (Å²) in [6.07, 6.45) is 1.66. The smallest absolute Gasteiger partial charge is 0.407 e. The van der Waals surface area contributed by atoms with Gasteiger partial charge in [-0.2, -0.15) is 11.8 Å². The highest BCUT2D eigenvalue weighted by Gasteiger charge is 2.42. The van der Waals surface area contributed by atoms with Crippen molar-refractivity contribution in [3.05, 3.63) is 59.7 Å². The lowest BCUT2D eigenvalue weighted by Gasteiger charge is -2.39. The maximum absolute atomic E-state index is 13.2. The first-order chi connectivity index (χ1) is 16.8. The average Bonchev–Trinajstić information content (AvgIpc) is 3.18. The number of amides is 2. The number of morpholine rings is 1. The molecular weight excluding hydrogens is 468 g/mol. The van der Waals surface area contributed by atoms with Gasteiger partial charge in [-0.05, 0) is 47.6 Å². The van der Waals surface area contributed by atoms with Crippen LogP contribution in [-0.4, -0.2) is 77.9 Å². The minimum atomic E-state index is -1.47. The summed E-state index contributed by atoms with van der Waals surface area (Å²) in [4.78, 5) is 39.1. The molecule has 1 fully saturated rings. The Morgan fingerprint density at radius 1 is 1.17 bits per heavy atom. The maximum atomic E-state index is 13.2. The van der Waals surface area contributed by atoms with E-state index in [9.17, 15) is 19.5 Å². The second-order valence-electron chi connectivity index (χ2n) is 8.95. The monoisotopic (exact) mass is 498 g/mol. The summed E-state index contributed by atoms with van der Waals surface area (Å²) in [5.41, 5.74) is 3.02. The summed E-state index contributed by atoms with van der Waals surface area (Å²) in [6, 6.07) is 15.4. The molecule has 1 heterocycles. The van der Waals surface area contributed by atoms with Gasteiger partial charge in [-0.3, -0.25) is 4.79 Å². The first-order valence-corrected chi connectivity index (χ1v) is 13.0. The van der Waals surface area contributed by atoms with Gasteiger partial charge in [-0.1, -0.05) is 48.5 Å². The number of ether oxygens (including phenoxy) is 2. The molecule has 9 heteroatoms. The van der Waals surface area contributed by atoms with Crippen molar-refractivity contribution in [1.82, 2.24) is 10.2 Å². The van der Waals surface area contributed by atoms with E-state index in [0.29, 0.717) is 12.2 Å². The number of carboxylic acid groups (broad SMARTS) is 1. The van der Waals surface area contributed by atoms with E-state index in [-0.39, 0.29) is 38.1 Å². The van der Waals surface area contributed by atoms with E-state index in [0.717, 1.165) is 22.3 Å². The zero-order chi connectivity index (χ0) is 25.0. The number of nitrogens with zero attached hydrogens (tertiary/aromatic N) is 1. The van der Waals surface area contributed by atoms with Crippen LogP contribution in [0.25, 0.3) is 11.1 Å². The van der Waals surface area contributed by atoms with Gasteiger partial charge in [0, 0.05) is 12.5 Å². The molecule has 1 saturated heterocycles. The molecule has 0 spiro atoms. The molecule has 35 heavy (non-hydrogen) atoms. The molecule has 0 bridgehead atoms. The van der Waals surface area contributed by atoms with Gasteiger partial charge in [0.2, 0.25) is 5.91 Å². The lowest BCUT2D eigenvalue weighted by atomic mass is 9.98. The van der Waals surface area contributed by atoms with E-state index >= 15 is 0 Å². The molecule has 2 N–H and O–H groups in total. The molecule has 2 atom stereocenters. The summed E-state index contributed by atoms with van der Waals surface area (Å²) in [7, 11) is 0. The number of fused-ring (bicyclic) bond motifs is 3. The molecule has 1 aliphatic carbocycles. The zero-order valence-electron chi connectivity index (χ0n) is 19.9. The number of benzene rings is 2. The Bertz CT molecular complexity index is 1060. The fourth-order valence-corrected chi connectivity index (χ4v) is 5.15. The lowest BCUT2D eigenvalue weighted by molar-refractivity contribution is -0.177. The highest BCUT2D eigenvalue weighted by atomic mass is 32.2. The highest BCUT2D eigenvalue weighted by molar-refractivity contribution is 7.98. The van der Waals surface area contributed by atoms with Crippen molar-refractivity contribution in [2.45, 2.75) is 30.9 Å². The molecule has 2 aromatic rings. The van der Waals surface area contributed by atoms with Crippen molar-refractivity contribution in [3.8, 4) is 11.1 Å². The minimum Gasteiger partial charge on any atom is -0.479 e. The van der Waals surface area contributed by atoms with Crippen LogP contribution in [0.4, 0.5) is 4.79 Å². The van der Waals surface area contributed by atoms with Crippen molar-refractivity contribution in [1.29, 1.82) is 0 Å². The average molecular weight is 499 g/mol. The standard InChI is InChI=1S/C26H30N2O6S/c1-26(24(30)31)16-28(12-13-34-26)23(29)22(11-14-35-2)27-25(32)33-15-21-19-9-5-3-7-17(19)18-8-4-6-10-20(18)21/h3-10,21-22H,11-16H2,1-2H3,(H,27,32)(H,30,31)/t22-,26?/m0/s1. The van der Waals surface area contributed by atoms with Gasteiger partial charge in [-0.25, -0.2) is 9.59 Å². The molecule has 2 aromatic carbocycles. The van der Waals surface area contributed by atoms with Gasteiger partial charge in [0.05, 0.1) is 13.2 Å². The van der Waals surface area contributed by atoms with Crippen LogP contribution in [-0.2, 0) is 19.1 Å². The fourth-order valence-electron chi connectivity index (χ4n) is 4.68. The predicted molar refractivity (Wildman–Crippen MR) is 134 cm³/mol. The van der Waals surface area contributed by atoms with Crippen LogP contribution in [0, 0.1) is 0 Å². The number of nitrogens with one attached hydrogen (secondary N) is 1. The highest BCUT2D eigenvalue weighted by Crippen LogP contribution is 2.44. The van der Waals surface area contributed by atoms with E-state index in [1.807, 2.05) is 42.7 Å². The van der Waals surface area contributed by atoms with Gasteiger partial charge in [-0.15, -0.1) is 0 Å². The van der Waals surface area contributed by atoms with E-state index < -0.39 is 23.7 Å². The van der Waals surface area contributed by atoms with Crippen LogP contribution in [0.15, 0.2) is 48.5 Å². The summed E-state index contributed by atoms with van der Waals surface area (Å²) >= 11 is 1.56. The second kappa shape index (κ2) is 10.7. The van der Waals surface area contributed by atoms with Gasteiger partial charge in [0.1, 0.15) is 12.6 Å². The number of carbonyl (C=O) groups excluding carboxylic acids is 2. The van der Waals surface area contributed by atoms with Crippen LogP contribution in [0.2, 0.25) is 0 Å². The number of thioether (sulfide) groups is 1. The number of aliphatic carboxylic acids is 1. The molecule has 186 valence electrons. The van der Waals surface area contributed by atoms with Crippen molar-refractivity contribution in [2.75, 3.05) is 38.3 Å². The minimum absolute atomic E-state index is 0.0796. The number of carbonyl (C=O) groups is 3. The third kappa shape index (κ3) is 5.31. The molecule has 2 aliphatic rings. The van der Waals surface area contributed by atoms with E-state index in [4.69, 9.17) is 9.47 Å². The number of hydrogen-bond donors (Lipinski definition) is 2. The number of alkyl carbamates (subject to hydrolysis) is 1. The maximum Gasteiger partial charge on any atom is 0.407 e. The van der Waals surface area contributed by atoms with Crippen molar-refractivity contribution < 1.29 is 29.0 Å². The quantitative estimate of drug-likeness (QED) is 0.575. The number of hydrogen-bond acceptors (Lipinski definition) is 6. The summed E-state index contributed by atoms with van der Waals surface area (Å²) in [5, 5.41) is 12.2. The Hall–Kier alpha value is -3.04. The Kier molecular flexibility index (Phi) is 7.66. The SMILES string of the molecule is CSCC[C@H](NC(=O)OCC1c2ccccc2-c2ccccc21)C(=O)N1CCOC(C)(C(=O)O)C1. The zero-order valence-corrected chi connectivity index (χ0v) is 20.7. The van der Waals surface area contributed by atoms with Gasteiger partial charge in [0.25, 0.3) is 0 Å². The largest absolute Gasteiger partial charge is 0.479 e. The first-order valence-electron chi connectivity index (χ1n) is 11.6. The Morgan fingerprint density at radius 2 is 1.80 bits per heavy atom. The van der Waals surface area contributed by atoms with Crippen molar-refractivity contribution >= 4 is 29.7 Å². The van der Waals surface area contributed by atoms with Crippen molar-refractivity contribution in [3.63, 3.8) is 0 Å². The molecule has 8 nitrogen and oxygen atoms in total. The summed E-state index contributed by atoms with van der Waals surface area (Å²) in [6.45, 7) is 1.91. The normalized spacial score (nSPS) is 20.0. The Labute approximate surface area is 209 Å². The third-order valence-electron chi connectivity index (χ3n) is 6.58. The van der Waals surface area contributed by atoms with E-state index in [2.05, 4.69) is 17.4 Å². The van der Waals surface area contributed by atoms with Crippen LogP contribution in [0.5, 0.6) is 0 Å². The molecule has 0 radical (unpaired) electrons. The third-order valence-corrected chi connectivity index (χ3v) is 7.23. The van der Waals surface area contributed by atoms with E-state index in [1.165, 1.54) is 11.8 Å². The van der Waals surface area contributed by atoms with Crippen molar-refractivity contribution in [2.24, 2.45) is 0 Å². The van der Waals surface area contributed by atoms with Crippen LogP contribution >= 0.6 is 11.8 Å². The van der Waals surface area contributed by atoms with Gasteiger partial charge in [0.15, 0.2) is 5.60 Å². The second-order valence-corrected chi connectivity index (χ2v) is 9.93. The summed E-state index contributed by atoms with van der Waals surface area (Å²) in [5.74, 6) is -0.881. The van der Waals surface area contributed by atoms with Gasteiger partial charge < -0.3 is 24.8 Å².